The average Bonchev–Trinajstić information content (AvgIpc) is 2.99. The van der Waals surface area contributed by atoms with Crippen molar-refractivity contribution in [1.82, 2.24) is 14.9 Å². The van der Waals surface area contributed by atoms with Crippen LogP contribution in [0.1, 0.15) is 36.2 Å². The van der Waals surface area contributed by atoms with Gasteiger partial charge in [-0.15, -0.1) is 0 Å². The van der Waals surface area contributed by atoms with Crippen molar-refractivity contribution in [2.24, 2.45) is 0 Å². The van der Waals surface area contributed by atoms with Gasteiger partial charge in [-0.1, -0.05) is 6.42 Å². The van der Waals surface area contributed by atoms with Crippen LogP contribution >= 0.6 is 0 Å². The van der Waals surface area contributed by atoms with Crippen LogP contribution in [-0.2, 0) is 11.3 Å². The molecule has 1 aliphatic heterocycles. The molecule has 2 heterocycles. The number of benzene rings is 1. The molecule has 1 aliphatic carbocycles. The summed E-state index contributed by atoms with van der Waals surface area (Å²) in [4.78, 5) is 10.1. The Morgan fingerprint density at radius 1 is 1.26 bits per heavy atom. The highest BCUT2D eigenvalue weighted by Gasteiger charge is 2.38. The number of aromatic nitrogens is 2. The van der Waals surface area contributed by atoms with Crippen molar-refractivity contribution >= 4 is 11.0 Å². The normalized spacial score (nSPS) is 26.0. The van der Waals surface area contributed by atoms with Crippen LogP contribution in [-0.4, -0.2) is 46.3 Å². The number of ether oxygens (including phenoxy) is 1. The Kier molecular flexibility index (Phi) is 3.85. The minimum absolute atomic E-state index is 0.327. The number of hydrogen-bond donors (Lipinski definition) is 1. The van der Waals surface area contributed by atoms with Crippen LogP contribution in [0.3, 0.4) is 0 Å². The molecule has 2 aliphatic rings. The highest BCUT2D eigenvalue weighted by atomic mass is 19.1. The third-order valence-electron chi connectivity index (χ3n) is 5.40. The van der Waals surface area contributed by atoms with Gasteiger partial charge in [0.25, 0.3) is 0 Å². The first-order chi connectivity index (χ1) is 11.1. The van der Waals surface area contributed by atoms with E-state index in [-0.39, 0.29) is 6.10 Å². The zero-order valence-electron chi connectivity index (χ0n) is 13.8. The van der Waals surface area contributed by atoms with Gasteiger partial charge in [-0.3, -0.25) is 4.90 Å². The molecule has 23 heavy (non-hydrogen) atoms. The number of imidazole rings is 1. The van der Waals surface area contributed by atoms with E-state index >= 15 is 0 Å². The summed E-state index contributed by atoms with van der Waals surface area (Å²) in [6.45, 7) is 5.75. The van der Waals surface area contributed by atoms with Crippen molar-refractivity contribution in [1.29, 1.82) is 0 Å². The lowest BCUT2D eigenvalue weighted by atomic mass is 9.92. The second-order valence-corrected chi connectivity index (χ2v) is 7.04. The van der Waals surface area contributed by atoms with Gasteiger partial charge < -0.3 is 9.72 Å². The van der Waals surface area contributed by atoms with E-state index in [1.807, 2.05) is 0 Å². The Morgan fingerprint density at radius 2 is 2.04 bits per heavy atom. The first kappa shape index (κ1) is 15.1. The standard InChI is InChI=1S/C18H24FN3O/c1-11-6-15-16(7-12(11)2)21-18(20-15)10-23-17-9-22(8-14(17)19)13-4-3-5-13/h6-7,13-14,17H,3-5,8-10H2,1-2H3,(H,20,21). The van der Waals surface area contributed by atoms with Crippen LogP contribution in [0, 0.1) is 13.8 Å². The van der Waals surface area contributed by atoms with Crippen LogP contribution in [0.4, 0.5) is 4.39 Å². The fraction of sp³-hybridized carbons (Fsp3) is 0.611. The maximum atomic E-state index is 14.2. The fourth-order valence-corrected chi connectivity index (χ4v) is 3.55. The summed E-state index contributed by atoms with van der Waals surface area (Å²) in [5.41, 5.74) is 4.44. The number of aryl methyl sites for hydroxylation is 2. The summed E-state index contributed by atoms with van der Waals surface area (Å²) >= 11 is 0. The molecule has 0 amide bonds. The third kappa shape index (κ3) is 2.88. The highest BCUT2D eigenvalue weighted by Crippen LogP contribution is 2.30. The second kappa shape index (κ2) is 5.87. The van der Waals surface area contributed by atoms with E-state index in [1.54, 1.807) is 0 Å². The van der Waals surface area contributed by atoms with Gasteiger partial charge in [-0.2, -0.15) is 0 Å². The quantitative estimate of drug-likeness (QED) is 0.941. The molecule has 2 fully saturated rings. The van der Waals surface area contributed by atoms with Crippen molar-refractivity contribution in [3.8, 4) is 0 Å². The van der Waals surface area contributed by atoms with Crippen molar-refractivity contribution in [3.63, 3.8) is 0 Å². The van der Waals surface area contributed by atoms with Gasteiger partial charge in [0.05, 0.1) is 11.0 Å². The van der Waals surface area contributed by atoms with Crippen molar-refractivity contribution < 1.29 is 9.13 Å². The van der Waals surface area contributed by atoms with Crippen molar-refractivity contribution in [2.45, 2.75) is 58.0 Å². The highest BCUT2D eigenvalue weighted by molar-refractivity contribution is 5.77. The lowest BCUT2D eigenvalue weighted by Gasteiger charge is -2.34. The lowest BCUT2D eigenvalue weighted by Crippen LogP contribution is -2.39. The summed E-state index contributed by atoms with van der Waals surface area (Å²) in [6.07, 6.45) is 2.49. The Morgan fingerprint density at radius 3 is 2.78 bits per heavy atom. The molecule has 1 N–H and O–H groups in total. The maximum absolute atomic E-state index is 14.2. The SMILES string of the molecule is Cc1cc2nc(COC3CN(C4CCC4)CC3F)[nH]c2cc1C. The number of aromatic amines is 1. The number of halogens is 1. The number of fused-ring (bicyclic) bond motifs is 1. The fourth-order valence-electron chi connectivity index (χ4n) is 3.55. The smallest absolute Gasteiger partial charge is 0.140 e. The van der Waals surface area contributed by atoms with Gasteiger partial charge in [-0.25, -0.2) is 9.37 Å². The third-order valence-corrected chi connectivity index (χ3v) is 5.40. The van der Waals surface area contributed by atoms with E-state index < -0.39 is 6.17 Å². The summed E-state index contributed by atoms with van der Waals surface area (Å²) in [5, 5.41) is 0. The van der Waals surface area contributed by atoms with Gasteiger partial charge in [0.2, 0.25) is 0 Å². The zero-order chi connectivity index (χ0) is 16.0. The maximum Gasteiger partial charge on any atom is 0.140 e. The van der Waals surface area contributed by atoms with Crippen LogP contribution in [0.15, 0.2) is 12.1 Å². The molecular weight excluding hydrogens is 293 g/mol. The monoisotopic (exact) mass is 317 g/mol. The van der Waals surface area contributed by atoms with E-state index in [1.165, 1.54) is 30.4 Å². The molecular formula is C18H24FN3O. The summed E-state index contributed by atoms with van der Waals surface area (Å²) in [6, 6.07) is 4.77. The largest absolute Gasteiger partial charge is 0.366 e. The van der Waals surface area contributed by atoms with Crippen LogP contribution in [0.5, 0.6) is 0 Å². The molecule has 1 aromatic carbocycles. The predicted molar refractivity (Wildman–Crippen MR) is 88.3 cm³/mol. The number of alkyl halides is 1. The van der Waals surface area contributed by atoms with E-state index in [2.05, 4.69) is 40.8 Å². The molecule has 1 saturated carbocycles. The van der Waals surface area contributed by atoms with Gasteiger partial charge in [0, 0.05) is 19.1 Å². The molecule has 4 rings (SSSR count). The summed E-state index contributed by atoms with van der Waals surface area (Å²) in [5.74, 6) is 0.777. The topological polar surface area (TPSA) is 41.1 Å². The van der Waals surface area contributed by atoms with E-state index in [9.17, 15) is 4.39 Å². The number of H-pyrrole nitrogens is 1. The number of nitrogens with one attached hydrogen (secondary N) is 1. The Hall–Kier alpha value is -1.46. The Bertz CT molecular complexity index is 671. The van der Waals surface area contributed by atoms with Crippen molar-refractivity contribution in [2.75, 3.05) is 13.1 Å². The minimum Gasteiger partial charge on any atom is -0.366 e. The molecule has 4 nitrogen and oxygen atoms in total. The number of nitrogens with zero attached hydrogens (tertiary/aromatic N) is 2. The number of hydrogen-bond acceptors (Lipinski definition) is 3. The summed E-state index contributed by atoms with van der Waals surface area (Å²) < 4.78 is 20.0. The van der Waals surface area contributed by atoms with Crippen molar-refractivity contribution in [3.05, 3.63) is 29.1 Å². The predicted octanol–water partition coefficient (Wildman–Crippen LogP) is 3.27. The summed E-state index contributed by atoms with van der Waals surface area (Å²) in [7, 11) is 0. The molecule has 124 valence electrons. The minimum atomic E-state index is -0.885. The van der Waals surface area contributed by atoms with Crippen LogP contribution < -0.4 is 0 Å². The van der Waals surface area contributed by atoms with Crippen LogP contribution in [0.2, 0.25) is 0 Å². The molecule has 0 radical (unpaired) electrons. The van der Waals surface area contributed by atoms with Crippen LogP contribution in [0.25, 0.3) is 11.0 Å². The van der Waals surface area contributed by atoms with E-state index in [0.29, 0.717) is 25.7 Å². The van der Waals surface area contributed by atoms with Gasteiger partial charge in [0.15, 0.2) is 0 Å². The first-order valence-electron chi connectivity index (χ1n) is 8.56. The molecule has 2 aromatic rings. The second-order valence-electron chi connectivity index (χ2n) is 7.04. The molecule has 2 unspecified atom stereocenters. The Balaban J connectivity index is 1.40. The molecule has 1 aromatic heterocycles. The van der Waals surface area contributed by atoms with Gasteiger partial charge >= 0.3 is 0 Å². The zero-order valence-corrected chi connectivity index (χ0v) is 13.8. The van der Waals surface area contributed by atoms with E-state index in [4.69, 9.17) is 4.74 Å². The molecule has 1 saturated heterocycles. The molecule has 0 spiro atoms. The van der Waals surface area contributed by atoms with Gasteiger partial charge in [-0.05, 0) is 49.9 Å². The number of rotatable bonds is 4. The first-order valence-corrected chi connectivity index (χ1v) is 8.56. The Labute approximate surface area is 136 Å². The van der Waals surface area contributed by atoms with E-state index in [0.717, 1.165) is 16.9 Å². The lowest BCUT2D eigenvalue weighted by molar-refractivity contribution is 0.00648. The molecule has 0 bridgehead atoms. The molecule has 5 heteroatoms. The number of likely N-dealkylation sites (tertiary alicyclic amines) is 1. The van der Waals surface area contributed by atoms with Gasteiger partial charge in [0.1, 0.15) is 24.7 Å². The average molecular weight is 317 g/mol. The molecule has 2 atom stereocenters.